The van der Waals surface area contributed by atoms with Gasteiger partial charge in [0.2, 0.25) is 0 Å². The molecule has 1 aromatic heterocycles. The highest BCUT2D eigenvalue weighted by Gasteiger charge is 2.21. The van der Waals surface area contributed by atoms with Crippen LogP contribution in [-0.4, -0.2) is 35.8 Å². The van der Waals surface area contributed by atoms with Crippen molar-refractivity contribution in [3.8, 4) is 0 Å². The normalized spacial score (nSPS) is 16.1. The molecule has 0 amide bonds. The minimum atomic E-state index is 0.210. The molecule has 1 aliphatic heterocycles. The molecule has 3 aromatic rings. The summed E-state index contributed by atoms with van der Waals surface area (Å²) in [6, 6.07) is 12.5. The first-order valence-corrected chi connectivity index (χ1v) is 9.91. The Bertz CT molecular complexity index is 957. The van der Waals surface area contributed by atoms with Crippen LogP contribution in [0.4, 0.5) is 0 Å². The minimum absolute atomic E-state index is 0.210. The number of fused-ring (bicyclic) bond motifs is 1. The molecule has 1 fully saturated rings. The van der Waals surface area contributed by atoms with E-state index in [1.807, 2.05) is 32.0 Å². The Morgan fingerprint density at radius 2 is 1.81 bits per heavy atom. The molecule has 4 rings (SSSR count). The van der Waals surface area contributed by atoms with Crippen LogP contribution in [0.2, 0.25) is 0 Å². The van der Waals surface area contributed by atoms with E-state index in [0.29, 0.717) is 12.3 Å². The number of rotatable bonds is 4. The average Bonchev–Trinajstić information content (AvgIpc) is 3.05. The maximum Gasteiger partial charge on any atom is 0.167 e. The highest BCUT2D eigenvalue weighted by atomic mass is 16.1. The number of ketones is 1. The Labute approximate surface area is 161 Å². The van der Waals surface area contributed by atoms with E-state index in [1.54, 1.807) is 0 Å². The van der Waals surface area contributed by atoms with Crippen LogP contribution in [0.5, 0.6) is 0 Å². The van der Waals surface area contributed by atoms with Gasteiger partial charge in [0, 0.05) is 29.1 Å². The summed E-state index contributed by atoms with van der Waals surface area (Å²) < 4.78 is 0. The Morgan fingerprint density at radius 3 is 2.52 bits per heavy atom. The first kappa shape index (κ1) is 18.0. The molecule has 2 heterocycles. The van der Waals surface area contributed by atoms with Crippen molar-refractivity contribution >= 4 is 16.7 Å². The zero-order valence-corrected chi connectivity index (χ0v) is 16.5. The second-order valence-corrected chi connectivity index (χ2v) is 8.07. The SMILES string of the molecule is Cc1cccc(C)c1C(=O)Cc1ccc2[nH]cc(C3CCN(C)CC3)c2c1. The molecule has 1 saturated heterocycles. The van der Waals surface area contributed by atoms with Crippen molar-refractivity contribution in [2.24, 2.45) is 0 Å². The number of carbonyl (C=O) groups is 1. The number of Topliss-reactive ketones (excluding diaryl/α,β-unsaturated/α-hetero) is 1. The van der Waals surface area contributed by atoms with Gasteiger partial charge in [-0.3, -0.25) is 4.79 Å². The lowest BCUT2D eigenvalue weighted by molar-refractivity contribution is 0.0992. The standard InChI is InChI=1S/C24H28N2O/c1-16-5-4-6-17(2)24(16)23(27)14-18-7-8-22-20(13-18)21(15-25-22)19-9-11-26(3)12-10-19/h4-8,13,15,19,25H,9-12,14H2,1-3H3. The zero-order valence-electron chi connectivity index (χ0n) is 16.5. The molecular weight excluding hydrogens is 332 g/mol. The van der Waals surface area contributed by atoms with Gasteiger partial charge in [0.05, 0.1) is 0 Å². The van der Waals surface area contributed by atoms with Gasteiger partial charge in [-0.2, -0.15) is 0 Å². The largest absolute Gasteiger partial charge is 0.361 e. The highest BCUT2D eigenvalue weighted by Crippen LogP contribution is 2.33. The number of aromatic amines is 1. The van der Waals surface area contributed by atoms with E-state index in [4.69, 9.17) is 0 Å². The lowest BCUT2D eigenvalue weighted by Gasteiger charge is -2.28. The molecule has 0 spiro atoms. The van der Waals surface area contributed by atoms with Gasteiger partial charge in [0.25, 0.3) is 0 Å². The van der Waals surface area contributed by atoms with Crippen molar-refractivity contribution in [3.63, 3.8) is 0 Å². The molecule has 0 radical (unpaired) electrons. The minimum Gasteiger partial charge on any atom is -0.361 e. The number of likely N-dealkylation sites (tertiary alicyclic amines) is 1. The van der Waals surface area contributed by atoms with Gasteiger partial charge in [-0.25, -0.2) is 0 Å². The van der Waals surface area contributed by atoms with Crippen molar-refractivity contribution in [1.29, 1.82) is 0 Å². The summed E-state index contributed by atoms with van der Waals surface area (Å²) in [7, 11) is 2.20. The van der Waals surface area contributed by atoms with Gasteiger partial charge in [-0.15, -0.1) is 0 Å². The van der Waals surface area contributed by atoms with Crippen LogP contribution >= 0.6 is 0 Å². The van der Waals surface area contributed by atoms with Crippen LogP contribution in [0, 0.1) is 13.8 Å². The van der Waals surface area contributed by atoms with E-state index in [0.717, 1.165) is 35.3 Å². The molecule has 27 heavy (non-hydrogen) atoms. The summed E-state index contributed by atoms with van der Waals surface area (Å²) in [6.45, 7) is 6.35. The number of aryl methyl sites for hydroxylation is 2. The maximum absolute atomic E-state index is 12.9. The number of aromatic nitrogens is 1. The molecule has 1 aliphatic rings. The monoisotopic (exact) mass is 360 g/mol. The molecule has 2 aromatic carbocycles. The van der Waals surface area contributed by atoms with E-state index >= 15 is 0 Å². The van der Waals surface area contributed by atoms with Crippen LogP contribution < -0.4 is 0 Å². The first-order chi connectivity index (χ1) is 13.0. The fourth-order valence-corrected chi connectivity index (χ4v) is 4.48. The number of carbonyl (C=O) groups excluding carboxylic acids is 1. The van der Waals surface area contributed by atoms with Gasteiger partial charge < -0.3 is 9.88 Å². The van der Waals surface area contributed by atoms with Crippen LogP contribution in [0.15, 0.2) is 42.6 Å². The average molecular weight is 361 g/mol. The van der Waals surface area contributed by atoms with E-state index in [-0.39, 0.29) is 5.78 Å². The molecule has 3 nitrogen and oxygen atoms in total. The number of benzene rings is 2. The van der Waals surface area contributed by atoms with Crippen molar-refractivity contribution in [1.82, 2.24) is 9.88 Å². The van der Waals surface area contributed by atoms with Crippen molar-refractivity contribution in [2.75, 3.05) is 20.1 Å². The Morgan fingerprint density at radius 1 is 1.11 bits per heavy atom. The Hall–Kier alpha value is -2.39. The quantitative estimate of drug-likeness (QED) is 0.663. The predicted molar refractivity (Wildman–Crippen MR) is 112 cm³/mol. The number of nitrogens with one attached hydrogen (secondary N) is 1. The van der Waals surface area contributed by atoms with E-state index in [1.165, 1.54) is 29.3 Å². The summed E-state index contributed by atoms with van der Waals surface area (Å²) in [5.74, 6) is 0.820. The summed E-state index contributed by atoms with van der Waals surface area (Å²) in [5, 5.41) is 1.29. The van der Waals surface area contributed by atoms with Crippen LogP contribution in [0.1, 0.15) is 51.4 Å². The third-order valence-electron chi connectivity index (χ3n) is 6.06. The summed E-state index contributed by atoms with van der Waals surface area (Å²) in [6.07, 6.45) is 5.04. The fourth-order valence-electron chi connectivity index (χ4n) is 4.48. The molecule has 0 atom stereocenters. The van der Waals surface area contributed by atoms with E-state index in [2.05, 4.69) is 41.3 Å². The molecule has 1 N–H and O–H groups in total. The lowest BCUT2D eigenvalue weighted by Crippen LogP contribution is -2.29. The number of hydrogen-bond donors (Lipinski definition) is 1. The molecule has 0 aliphatic carbocycles. The van der Waals surface area contributed by atoms with Crippen molar-refractivity contribution in [3.05, 3.63) is 70.4 Å². The van der Waals surface area contributed by atoms with Crippen molar-refractivity contribution in [2.45, 2.75) is 39.0 Å². The first-order valence-electron chi connectivity index (χ1n) is 9.91. The fraction of sp³-hybridized carbons (Fsp3) is 0.375. The molecule has 140 valence electrons. The number of hydrogen-bond acceptors (Lipinski definition) is 2. The van der Waals surface area contributed by atoms with Crippen LogP contribution in [0.25, 0.3) is 10.9 Å². The van der Waals surface area contributed by atoms with Gasteiger partial charge in [-0.05, 0) is 87.1 Å². The van der Waals surface area contributed by atoms with Gasteiger partial charge in [0.15, 0.2) is 5.78 Å². The van der Waals surface area contributed by atoms with Crippen LogP contribution in [-0.2, 0) is 6.42 Å². The second-order valence-electron chi connectivity index (χ2n) is 8.07. The maximum atomic E-state index is 12.9. The van der Waals surface area contributed by atoms with Crippen LogP contribution in [0.3, 0.4) is 0 Å². The van der Waals surface area contributed by atoms with E-state index < -0.39 is 0 Å². The molecular formula is C24H28N2O. The molecule has 0 unspecified atom stereocenters. The predicted octanol–water partition coefficient (Wildman–Crippen LogP) is 5.02. The second kappa shape index (κ2) is 7.32. The summed E-state index contributed by atoms with van der Waals surface area (Å²) in [5.41, 5.74) is 6.70. The summed E-state index contributed by atoms with van der Waals surface area (Å²) >= 11 is 0. The van der Waals surface area contributed by atoms with Crippen molar-refractivity contribution < 1.29 is 4.79 Å². The molecule has 0 saturated carbocycles. The number of H-pyrrole nitrogens is 1. The van der Waals surface area contributed by atoms with Gasteiger partial charge in [0.1, 0.15) is 0 Å². The Kier molecular flexibility index (Phi) is 4.88. The third-order valence-corrected chi connectivity index (χ3v) is 6.06. The van der Waals surface area contributed by atoms with E-state index in [9.17, 15) is 4.79 Å². The number of piperidine rings is 1. The lowest BCUT2D eigenvalue weighted by atomic mass is 9.88. The smallest absolute Gasteiger partial charge is 0.167 e. The summed E-state index contributed by atoms with van der Waals surface area (Å²) in [4.78, 5) is 18.8. The molecule has 0 bridgehead atoms. The third kappa shape index (κ3) is 3.57. The van der Waals surface area contributed by atoms with Gasteiger partial charge >= 0.3 is 0 Å². The Balaban J connectivity index is 1.61. The number of nitrogens with zero attached hydrogens (tertiary/aromatic N) is 1. The molecule has 3 heteroatoms. The zero-order chi connectivity index (χ0) is 19.0. The highest BCUT2D eigenvalue weighted by molar-refractivity contribution is 6.00. The topological polar surface area (TPSA) is 36.1 Å². The van der Waals surface area contributed by atoms with Gasteiger partial charge in [-0.1, -0.05) is 24.3 Å².